The number of hydrogen-bond donors (Lipinski definition) is 3. The molecule has 0 amide bonds. The molecule has 1 aromatic carbocycles. The molecule has 1 aliphatic carbocycles. The largest absolute Gasteiger partial charge is 0.397 e. The van der Waals surface area contributed by atoms with Crippen molar-refractivity contribution in [2.24, 2.45) is 17.4 Å². The molecule has 3 nitrogen and oxygen atoms in total. The SMILES string of the molecule is N/C(=C\NCC1CCC[C@@H](N)C1)c1ccccc1. The first-order valence-corrected chi connectivity index (χ1v) is 6.75. The van der Waals surface area contributed by atoms with E-state index >= 15 is 0 Å². The minimum atomic E-state index is 0.390. The van der Waals surface area contributed by atoms with Gasteiger partial charge in [-0.25, -0.2) is 0 Å². The highest BCUT2D eigenvalue weighted by molar-refractivity contribution is 5.61. The Morgan fingerprint density at radius 2 is 2.06 bits per heavy atom. The van der Waals surface area contributed by atoms with E-state index in [1.54, 1.807) is 0 Å². The fraction of sp³-hybridized carbons (Fsp3) is 0.467. The zero-order chi connectivity index (χ0) is 12.8. The summed E-state index contributed by atoms with van der Waals surface area (Å²) >= 11 is 0. The van der Waals surface area contributed by atoms with E-state index in [4.69, 9.17) is 11.5 Å². The van der Waals surface area contributed by atoms with Crippen LogP contribution in [0.4, 0.5) is 0 Å². The smallest absolute Gasteiger partial charge is 0.0547 e. The van der Waals surface area contributed by atoms with Gasteiger partial charge in [0.2, 0.25) is 0 Å². The van der Waals surface area contributed by atoms with E-state index in [1.165, 1.54) is 19.3 Å². The summed E-state index contributed by atoms with van der Waals surface area (Å²) < 4.78 is 0. The number of benzene rings is 1. The lowest BCUT2D eigenvalue weighted by molar-refractivity contribution is 0.319. The minimum absolute atomic E-state index is 0.390. The molecule has 2 rings (SSSR count). The summed E-state index contributed by atoms with van der Waals surface area (Å²) in [6, 6.07) is 10.4. The van der Waals surface area contributed by atoms with Gasteiger partial charge in [0, 0.05) is 18.8 Å². The molecule has 0 aromatic heterocycles. The predicted octanol–water partition coefficient (Wildman–Crippen LogP) is 2.05. The first-order chi connectivity index (χ1) is 8.75. The maximum Gasteiger partial charge on any atom is 0.0547 e. The van der Waals surface area contributed by atoms with Crippen molar-refractivity contribution < 1.29 is 0 Å². The first kappa shape index (κ1) is 13.0. The Morgan fingerprint density at radius 1 is 1.28 bits per heavy atom. The minimum Gasteiger partial charge on any atom is -0.397 e. The molecule has 0 radical (unpaired) electrons. The first-order valence-electron chi connectivity index (χ1n) is 6.75. The van der Waals surface area contributed by atoms with Crippen LogP contribution in [0.3, 0.4) is 0 Å². The molecule has 1 unspecified atom stereocenters. The fourth-order valence-corrected chi connectivity index (χ4v) is 2.57. The quantitative estimate of drug-likeness (QED) is 0.760. The summed E-state index contributed by atoms with van der Waals surface area (Å²) in [5.74, 6) is 0.688. The predicted molar refractivity (Wildman–Crippen MR) is 76.5 cm³/mol. The molecular formula is C15H23N3. The van der Waals surface area contributed by atoms with Crippen LogP contribution < -0.4 is 16.8 Å². The van der Waals surface area contributed by atoms with Crippen molar-refractivity contribution in [1.82, 2.24) is 5.32 Å². The zero-order valence-electron chi connectivity index (χ0n) is 10.8. The molecule has 5 N–H and O–H groups in total. The monoisotopic (exact) mass is 245 g/mol. The van der Waals surface area contributed by atoms with Crippen molar-refractivity contribution in [3.05, 3.63) is 42.1 Å². The molecule has 0 aliphatic heterocycles. The topological polar surface area (TPSA) is 64.1 Å². The van der Waals surface area contributed by atoms with Crippen LogP contribution in [0.1, 0.15) is 31.2 Å². The number of hydrogen-bond acceptors (Lipinski definition) is 3. The van der Waals surface area contributed by atoms with E-state index in [0.29, 0.717) is 12.0 Å². The molecule has 2 atom stereocenters. The molecule has 0 bridgehead atoms. The van der Waals surface area contributed by atoms with E-state index in [1.807, 2.05) is 36.5 Å². The van der Waals surface area contributed by atoms with E-state index in [0.717, 1.165) is 24.2 Å². The Labute approximate surface area is 109 Å². The average molecular weight is 245 g/mol. The molecule has 1 saturated carbocycles. The summed E-state index contributed by atoms with van der Waals surface area (Å²) in [5.41, 5.74) is 13.8. The van der Waals surface area contributed by atoms with Gasteiger partial charge in [-0.3, -0.25) is 0 Å². The van der Waals surface area contributed by atoms with Gasteiger partial charge in [-0.15, -0.1) is 0 Å². The van der Waals surface area contributed by atoms with Crippen LogP contribution in [0, 0.1) is 5.92 Å². The molecule has 1 aromatic rings. The Bertz CT molecular complexity index is 386. The summed E-state index contributed by atoms with van der Waals surface area (Å²) in [7, 11) is 0. The number of rotatable bonds is 4. The van der Waals surface area contributed by atoms with Crippen molar-refractivity contribution in [2.45, 2.75) is 31.7 Å². The zero-order valence-corrected chi connectivity index (χ0v) is 10.8. The Kier molecular flexibility index (Phi) is 4.65. The third-order valence-corrected chi connectivity index (χ3v) is 3.59. The standard InChI is InChI=1S/C15H23N3/c16-14-8-4-5-12(9-14)10-18-11-15(17)13-6-2-1-3-7-13/h1-3,6-7,11-12,14,18H,4-5,8-10,16-17H2/b15-11-/t12?,14-/m1/s1. The highest BCUT2D eigenvalue weighted by Gasteiger charge is 2.18. The van der Waals surface area contributed by atoms with Crippen LogP contribution in [-0.4, -0.2) is 12.6 Å². The highest BCUT2D eigenvalue weighted by Crippen LogP contribution is 2.22. The van der Waals surface area contributed by atoms with Crippen molar-refractivity contribution in [3.8, 4) is 0 Å². The van der Waals surface area contributed by atoms with E-state index in [2.05, 4.69) is 5.32 Å². The summed E-state index contributed by atoms with van der Waals surface area (Å²) in [6.07, 6.45) is 6.76. The molecule has 1 aliphatic rings. The second-order valence-corrected chi connectivity index (χ2v) is 5.17. The van der Waals surface area contributed by atoms with Crippen molar-refractivity contribution in [3.63, 3.8) is 0 Å². The van der Waals surface area contributed by atoms with Gasteiger partial charge in [-0.05, 0) is 30.7 Å². The van der Waals surface area contributed by atoms with Gasteiger partial charge in [0.25, 0.3) is 0 Å². The maximum atomic E-state index is 6.01. The second kappa shape index (κ2) is 6.45. The molecule has 98 valence electrons. The molecule has 3 heteroatoms. The maximum absolute atomic E-state index is 6.01. The molecule has 1 fully saturated rings. The Morgan fingerprint density at radius 3 is 2.78 bits per heavy atom. The Hall–Kier alpha value is -1.48. The number of nitrogens with one attached hydrogen (secondary N) is 1. The van der Waals surface area contributed by atoms with E-state index in [-0.39, 0.29) is 0 Å². The molecule has 0 heterocycles. The van der Waals surface area contributed by atoms with Crippen LogP contribution in [0.5, 0.6) is 0 Å². The molecule has 18 heavy (non-hydrogen) atoms. The highest BCUT2D eigenvalue weighted by atomic mass is 14.9. The van der Waals surface area contributed by atoms with E-state index in [9.17, 15) is 0 Å². The number of nitrogens with two attached hydrogens (primary N) is 2. The normalized spacial score (nSPS) is 24.8. The Balaban J connectivity index is 1.80. The van der Waals surface area contributed by atoms with Gasteiger partial charge in [-0.1, -0.05) is 36.8 Å². The summed E-state index contributed by atoms with van der Waals surface area (Å²) in [6.45, 7) is 0.973. The van der Waals surface area contributed by atoms with E-state index < -0.39 is 0 Å². The summed E-state index contributed by atoms with van der Waals surface area (Å²) in [4.78, 5) is 0. The fourth-order valence-electron chi connectivity index (χ4n) is 2.57. The lowest BCUT2D eigenvalue weighted by atomic mass is 9.86. The van der Waals surface area contributed by atoms with Crippen LogP contribution >= 0.6 is 0 Å². The van der Waals surface area contributed by atoms with Gasteiger partial charge in [-0.2, -0.15) is 0 Å². The van der Waals surface area contributed by atoms with Crippen molar-refractivity contribution >= 4 is 5.70 Å². The van der Waals surface area contributed by atoms with Crippen LogP contribution in [-0.2, 0) is 0 Å². The lowest BCUT2D eigenvalue weighted by Gasteiger charge is -2.26. The average Bonchev–Trinajstić information content (AvgIpc) is 2.40. The molecule has 0 saturated heterocycles. The second-order valence-electron chi connectivity index (χ2n) is 5.17. The molecular weight excluding hydrogens is 222 g/mol. The summed E-state index contributed by atoms with van der Waals surface area (Å²) in [5, 5.41) is 3.33. The van der Waals surface area contributed by atoms with Crippen molar-refractivity contribution in [1.29, 1.82) is 0 Å². The van der Waals surface area contributed by atoms with Gasteiger partial charge in [0.1, 0.15) is 0 Å². The van der Waals surface area contributed by atoms with Crippen LogP contribution in [0.25, 0.3) is 5.70 Å². The van der Waals surface area contributed by atoms with Gasteiger partial charge < -0.3 is 16.8 Å². The van der Waals surface area contributed by atoms with Crippen molar-refractivity contribution in [2.75, 3.05) is 6.54 Å². The van der Waals surface area contributed by atoms with Crippen LogP contribution in [0.15, 0.2) is 36.5 Å². The van der Waals surface area contributed by atoms with Crippen LogP contribution in [0.2, 0.25) is 0 Å². The third kappa shape index (κ3) is 3.77. The third-order valence-electron chi connectivity index (χ3n) is 3.59. The lowest BCUT2D eigenvalue weighted by Crippen LogP contribution is -2.32. The van der Waals surface area contributed by atoms with Gasteiger partial charge in [0.15, 0.2) is 0 Å². The van der Waals surface area contributed by atoms with Gasteiger partial charge >= 0.3 is 0 Å². The van der Waals surface area contributed by atoms with Gasteiger partial charge in [0.05, 0.1) is 5.70 Å². The molecule has 0 spiro atoms.